The Morgan fingerprint density at radius 2 is 1.77 bits per heavy atom. The minimum atomic E-state index is -0.549. The standard InChI is InChI=1S/C26H24FN5O3/c1-17-23(14-18-5-7-20(27)8-6-18)24(25(33)35-2)31-32(17)22-11-9-21(10-12-22)30-26(34)29-16-19-4-3-13-28-15-19/h3-13,15H,14,16H2,1-2H3,(H2,29,30,34). The molecule has 0 unspecified atom stereocenters. The van der Waals surface area contributed by atoms with Gasteiger partial charge < -0.3 is 15.4 Å². The number of methoxy groups -OCH3 is 1. The number of rotatable bonds is 7. The van der Waals surface area contributed by atoms with Gasteiger partial charge in [-0.05, 0) is 60.5 Å². The first-order valence-corrected chi connectivity index (χ1v) is 10.9. The number of carbonyl (C=O) groups is 2. The number of ether oxygens (including phenoxy) is 1. The van der Waals surface area contributed by atoms with Crippen molar-refractivity contribution in [3.05, 3.63) is 107 Å². The number of hydrogen-bond acceptors (Lipinski definition) is 5. The van der Waals surface area contributed by atoms with Crippen molar-refractivity contribution in [3.8, 4) is 5.69 Å². The second kappa shape index (κ2) is 10.6. The normalized spacial score (nSPS) is 10.6. The molecule has 0 atom stereocenters. The zero-order valence-corrected chi connectivity index (χ0v) is 19.3. The van der Waals surface area contributed by atoms with E-state index >= 15 is 0 Å². The number of aromatic nitrogens is 3. The maximum absolute atomic E-state index is 13.3. The number of esters is 1. The quantitative estimate of drug-likeness (QED) is 0.388. The third kappa shape index (κ3) is 5.70. The van der Waals surface area contributed by atoms with Crippen molar-refractivity contribution >= 4 is 17.7 Å². The molecule has 0 saturated heterocycles. The molecule has 35 heavy (non-hydrogen) atoms. The fraction of sp³-hybridized carbons (Fsp3) is 0.154. The lowest BCUT2D eigenvalue weighted by atomic mass is 10.0. The summed E-state index contributed by atoms with van der Waals surface area (Å²) in [6, 6.07) is 16.5. The fourth-order valence-electron chi connectivity index (χ4n) is 3.61. The Morgan fingerprint density at radius 1 is 1.03 bits per heavy atom. The lowest BCUT2D eigenvalue weighted by molar-refractivity contribution is 0.0592. The molecule has 2 aromatic heterocycles. The first-order chi connectivity index (χ1) is 16.9. The molecular formula is C26H24FN5O3. The average Bonchev–Trinajstić information content (AvgIpc) is 3.20. The second-order valence-electron chi connectivity index (χ2n) is 7.84. The number of pyridine rings is 1. The Labute approximate surface area is 201 Å². The Balaban J connectivity index is 1.51. The van der Waals surface area contributed by atoms with Gasteiger partial charge in [0.15, 0.2) is 5.69 Å². The summed E-state index contributed by atoms with van der Waals surface area (Å²) in [4.78, 5) is 28.6. The summed E-state index contributed by atoms with van der Waals surface area (Å²) >= 11 is 0. The van der Waals surface area contributed by atoms with Crippen molar-refractivity contribution in [1.82, 2.24) is 20.1 Å². The van der Waals surface area contributed by atoms with Crippen LogP contribution >= 0.6 is 0 Å². The van der Waals surface area contributed by atoms with Crippen LogP contribution in [0.15, 0.2) is 73.1 Å². The Morgan fingerprint density at radius 3 is 2.43 bits per heavy atom. The van der Waals surface area contributed by atoms with Gasteiger partial charge in [0.2, 0.25) is 0 Å². The lowest BCUT2D eigenvalue weighted by Gasteiger charge is -2.09. The van der Waals surface area contributed by atoms with E-state index in [0.29, 0.717) is 29.9 Å². The molecule has 0 aliphatic rings. The van der Waals surface area contributed by atoms with E-state index in [1.54, 1.807) is 53.5 Å². The van der Waals surface area contributed by atoms with Gasteiger partial charge >= 0.3 is 12.0 Å². The van der Waals surface area contributed by atoms with Gasteiger partial charge in [0.1, 0.15) is 5.82 Å². The van der Waals surface area contributed by atoms with Crippen molar-refractivity contribution in [2.75, 3.05) is 12.4 Å². The Kier molecular flexibility index (Phi) is 7.15. The summed E-state index contributed by atoms with van der Waals surface area (Å²) < 4.78 is 19.9. The number of benzene rings is 2. The largest absolute Gasteiger partial charge is 0.464 e. The van der Waals surface area contributed by atoms with Crippen molar-refractivity contribution < 1.29 is 18.7 Å². The molecule has 4 aromatic rings. The Bertz CT molecular complexity index is 1320. The molecule has 9 heteroatoms. The molecule has 0 radical (unpaired) electrons. The van der Waals surface area contributed by atoms with Crippen LogP contribution in [0.3, 0.4) is 0 Å². The van der Waals surface area contributed by atoms with Crippen LogP contribution in [0.25, 0.3) is 5.69 Å². The highest BCUT2D eigenvalue weighted by Gasteiger charge is 2.22. The molecule has 0 aliphatic heterocycles. The predicted molar refractivity (Wildman–Crippen MR) is 129 cm³/mol. The van der Waals surface area contributed by atoms with Gasteiger partial charge in [-0.25, -0.2) is 18.7 Å². The topological polar surface area (TPSA) is 98.1 Å². The van der Waals surface area contributed by atoms with E-state index < -0.39 is 5.97 Å². The molecule has 8 nitrogen and oxygen atoms in total. The molecule has 0 bridgehead atoms. The summed E-state index contributed by atoms with van der Waals surface area (Å²) in [7, 11) is 1.30. The fourth-order valence-corrected chi connectivity index (χ4v) is 3.61. The number of hydrogen-bond donors (Lipinski definition) is 2. The van der Waals surface area contributed by atoms with E-state index in [-0.39, 0.29) is 17.5 Å². The number of anilines is 1. The van der Waals surface area contributed by atoms with Gasteiger partial charge in [-0.3, -0.25) is 4.98 Å². The average molecular weight is 474 g/mol. The predicted octanol–water partition coefficient (Wildman–Crippen LogP) is 4.41. The van der Waals surface area contributed by atoms with Gasteiger partial charge in [0.25, 0.3) is 0 Å². The first kappa shape index (κ1) is 23.6. The molecule has 2 heterocycles. The lowest BCUT2D eigenvalue weighted by Crippen LogP contribution is -2.28. The van der Waals surface area contributed by atoms with E-state index in [1.165, 1.54) is 19.2 Å². The summed E-state index contributed by atoms with van der Waals surface area (Å²) in [6.07, 6.45) is 3.76. The molecule has 0 aliphatic carbocycles. The van der Waals surface area contributed by atoms with Crippen molar-refractivity contribution in [1.29, 1.82) is 0 Å². The van der Waals surface area contributed by atoms with Crippen LogP contribution in [0, 0.1) is 12.7 Å². The Hall–Kier alpha value is -4.53. The minimum absolute atomic E-state index is 0.200. The van der Waals surface area contributed by atoms with Gasteiger partial charge in [-0.2, -0.15) is 5.10 Å². The van der Waals surface area contributed by atoms with Crippen molar-refractivity contribution in [2.45, 2.75) is 19.9 Å². The zero-order chi connectivity index (χ0) is 24.8. The molecule has 2 N–H and O–H groups in total. The van der Waals surface area contributed by atoms with E-state index in [1.807, 2.05) is 19.1 Å². The number of carbonyl (C=O) groups excluding carboxylic acids is 2. The summed E-state index contributed by atoms with van der Waals surface area (Å²) in [6.45, 7) is 2.22. The smallest absolute Gasteiger partial charge is 0.358 e. The van der Waals surface area contributed by atoms with E-state index in [9.17, 15) is 14.0 Å². The summed E-state index contributed by atoms with van der Waals surface area (Å²) in [5.74, 6) is -0.874. The number of halogens is 1. The molecule has 0 spiro atoms. The van der Waals surface area contributed by atoms with Gasteiger partial charge in [0, 0.05) is 42.3 Å². The molecule has 2 aromatic carbocycles. The van der Waals surface area contributed by atoms with Gasteiger partial charge in [-0.1, -0.05) is 18.2 Å². The number of urea groups is 1. The van der Waals surface area contributed by atoms with Crippen LogP contribution in [-0.4, -0.2) is 33.9 Å². The molecule has 4 rings (SSSR count). The van der Waals surface area contributed by atoms with Crippen LogP contribution in [0.5, 0.6) is 0 Å². The van der Waals surface area contributed by atoms with Crippen molar-refractivity contribution in [2.24, 2.45) is 0 Å². The minimum Gasteiger partial charge on any atom is -0.464 e. The van der Waals surface area contributed by atoms with E-state index in [0.717, 1.165) is 16.8 Å². The first-order valence-electron chi connectivity index (χ1n) is 10.9. The van der Waals surface area contributed by atoms with Crippen LogP contribution in [0.4, 0.5) is 14.9 Å². The zero-order valence-electron chi connectivity index (χ0n) is 19.3. The molecular weight excluding hydrogens is 449 g/mol. The number of nitrogens with zero attached hydrogens (tertiary/aromatic N) is 3. The maximum Gasteiger partial charge on any atom is 0.358 e. The van der Waals surface area contributed by atoms with Crippen LogP contribution in [0.2, 0.25) is 0 Å². The van der Waals surface area contributed by atoms with Crippen LogP contribution < -0.4 is 10.6 Å². The van der Waals surface area contributed by atoms with E-state index in [4.69, 9.17) is 4.74 Å². The molecule has 0 saturated carbocycles. The number of nitrogens with one attached hydrogen (secondary N) is 2. The van der Waals surface area contributed by atoms with Gasteiger partial charge in [-0.15, -0.1) is 0 Å². The SMILES string of the molecule is COC(=O)c1nn(-c2ccc(NC(=O)NCc3cccnc3)cc2)c(C)c1Cc1ccc(F)cc1. The third-order valence-electron chi connectivity index (χ3n) is 5.46. The van der Waals surface area contributed by atoms with Crippen LogP contribution in [0.1, 0.15) is 32.9 Å². The number of amides is 2. The highest BCUT2D eigenvalue weighted by molar-refractivity contribution is 5.90. The summed E-state index contributed by atoms with van der Waals surface area (Å²) in [5.41, 5.74) is 4.69. The monoisotopic (exact) mass is 473 g/mol. The second-order valence-corrected chi connectivity index (χ2v) is 7.84. The van der Waals surface area contributed by atoms with E-state index in [2.05, 4.69) is 20.7 Å². The molecule has 178 valence electrons. The molecule has 2 amide bonds. The van der Waals surface area contributed by atoms with Gasteiger partial charge in [0.05, 0.1) is 12.8 Å². The highest BCUT2D eigenvalue weighted by atomic mass is 19.1. The van der Waals surface area contributed by atoms with Crippen molar-refractivity contribution in [3.63, 3.8) is 0 Å². The highest BCUT2D eigenvalue weighted by Crippen LogP contribution is 2.23. The third-order valence-corrected chi connectivity index (χ3v) is 5.46. The summed E-state index contributed by atoms with van der Waals surface area (Å²) in [5, 5.41) is 10.0. The maximum atomic E-state index is 13.3. The van der Waals surface area contributed by atoms with Crippen LogP contribution in [-0.2, 0) is 17.7 Å². The molecule has 0 fully saturated rings.